The van der Waals surface area contributed by atoms with Crippen LogP contribution < -0.4 is 10.6 Å². The van der Waals surface area contributed by atoms with Gasteiger partial charge in [0, 0.05) is 24.7 Å². The van der Waals surface area contributed by atoms with Gasteiger partial charge in [-0.05, 0) is 38.7 Å². The van der Waals surface area contributed by atoms with Gasteiger partial charge in [0.05, 0.1) is 4.92 Å². The number of para-hydroxylation sites is 2. The summed E-state index contributed by atoms with van der Waals surface area (Å²) in [6.45, 7) is 2.83. The van der Waals surface area contributed by atoms with Crippen molar-refractivity contribution in [3.8, 4) is 0 Å². The molecule has 1 aliphatic rings. The second-order valence-electron chi connectivity index (χ2n) is 5.10. The van der Waals surface area contributed by atoms with Gasteiger partial charge < -0.3 is 10.6 Å². The molecule has 5 heteroatoms. The lowest BCUT2D eigenvalue weighted by molar-refractivity contribution is -0.384. The summed E-state index contributed by atoms with van der Waals surface area (Å²) in [5.41, 5.74) is 6.85. The Balaban J connectivity index is 2.24. The molecule has 5 nitrogen and oxygen atoms in total. The molecule has 0 saturated heterocycles. The highest BCUT2D eigenvalue weighted by Gasteiger charge is 2.27. The van der Waals surface area contributed by atoms with Crippen LogP contribution in [0, 0.1) is 10.1 Å². The van der Waals surface area contributed by atoms with E-state index in [0.717, 1.165) is 37.9 Å². The average Bonchev–Trinajstić information content (AvgIpc) is 2.42. The van der Waals surface area contributed by atoms with Crippen LogP contribution in [0.5, 0.6) is 0 Å². The molecular formula is C14H21N3O2. The third-order valence-electron chi connectivity index (χ3n) is 3.91. The van der Waals surface area contributed by atoms with E-state index in [2.05, 4.69) is 4.90 Å². The number of rotatable bonds is 4. The minimum absolute atomic E-state index is 0.194. The Morgan fingerprint density at radius 2 is 1.95 bits per heavy atom. The topological polar surface area (TPSA) is 72.4 Å². The lowest BCUT2D eigenvalue weighted by Crippen LogP contribution is -2.41. The van der Waals surface area contributed by atoms with Crippen molar-refractivity contribution in [3.05, 3.63) is 34.4 Å². The Kier molecular flexibility index (Phi) is 4.37. The number of anilines is 1. The van der Waals surface area contributed by atoms with E-state index in [1.807, 2.05) is 19.1 Å². The van der Waals surface area contributed by atoms with Gasteiger partial charge in [-0.2, -0.15) is 0 Å². The summed E-state index contributed by atoms with van der Waals surface area (Å²) in [4.78, 5) is 13.0. The van der Waals surface area contributed by atoms with Crippen molar-refractivity contribution >= 4 is 11.4 Å². The molecule has 0 amide bonds. The molecule has 0 radical (unpaired) electrons. The van der Waals surface area contributed by atoms with Crippen LogP contribution >= 0.6 is 0 Å². The number of hydrogen-bond donors (Lipinski definition) is 1. The van der Waals surface area contributed by atoms with Crippen LogP contribution in [0.2, 0.25) is 0 Å². The molecule has 0 atom stereocenters. The predicted octanol–water partition coefficient (Wildman–Crippen LogP) is 2.69. The van der Waals surface area contributed by atoms with Crippen LogP contribution in [0.15, 0.2) is 24.3 Å². The van der Waals surface area contributed by atoms with Crippen molar-refractivity contribution in [2.24, 2.45) is 5.73 Å². The summed E-state index contributed by atoms with van der Waals surface area (Å²) in [5, 5.41) is 11.1. The highest BCUT2D eigenvalue weighted by atomic mass is 16.6. The molecule has 0 bridgehead atoms. The first-order chi connectivity index (χ1) is 9.13. The number of benzene rings is 1. The first-order valence-corrected chi connectivity index (χ1v) is 6.89. The van der Waals surface area contributed by atoms with Gasteiger partial charge in [-0.15, -0.1) is 0 Å². The van der Waals surface area contributed by atoms with Gasteiger partial charge in [0.25, 0.3) is 5.69 Å². The molecular weight excluding hydrogens is 242 g/mol. The molecule has 19 heavy (non-hydrogen) atoms. The molecule has 0 spiro atoms. The first-order valence-electron chi connectivity index (χ1n) is 6.89. The van der Waals surface area contributed by atoms with Crippen LogP contribution in [-0.2, 0) is 0 Å². The van der Waals surface area contributed by atoms with E-state index in [-0.39, 0.29) is 10.6 Å². The quantitative estimate of drug-likeness (QED) is 0.669. The number of nitrogens with zero attached hydrogens (tertiary/aromatic N) is 2. The standard InChI is InChI=1S/C14H21N3O2/c1-2-16(12-9-7-11(15)8-10-12)13-5-3-4-6-14(13)17(18)19/h3-6,11-12H,2,7-10,15H2,1H3. The minimum atomic E-state index is -0.299. The first kappa shape index (κ1) is 13.8. The van der Waals surface area contributed by atoms with Crippen molar-refractivity contribution in [1.82, 2.24) is 0 Å². The van der Waals surface area contributed by atoms with Crippen molar-refractivity contribution in [1.29, 1.82) is 0 Å². The molecule has 2 N–H and O–H groups in total. The fourth-order valence-corrected chi connectivity index (χ4v) is 2.90. The van der Waals surface area contributed by atoms with Gasteiger partial charge >= 0.3 is 0 Å². The SMILES string of the molecule is CCN(c1ccccc1[N+](=O)[O-])C1CCC(N)CC1. The molecule has 1 aromatic rings. The van der Waals surface area contributed by atoms with Crippen LogP contribution in [0.25, 0.3) is 0 Å². The van der Waals surface area contributed by atoms with E-state index in [4.69, 9.17) is 5.73 Å². The Bertz CT molecular complexity index is 442. The lowest BCUT2D eigenvalue weighted by Gasteiger charge is -2.36. The second kappa shape index (κ2) is 6.02. The van der Waals surface area contributed by atoms with Crippen molar-refractivity contribution in [2.45, 2.75) is 44.7 Å². The molecule has 0 heterocycles. The Labute approximate surface area is 113 Å². The van der Waals surface area contributed by atoms with Gasteiger partial charge in [-0.25, -0.2) is 0 Å². The van der Waals surface area contributed by atoms with Crippen molar-refractivity contribution in [3.63, 3.8) is 0 Å². The maximum Gasteiger partial charge on any atom is 0.292 e. The van der Waals surface area contributed by atoms with Gasteiger partial charge in [0.15, 0.2) is 0 Å². The summed E-state index contributed by atoms with van der Waals surface area (Å²) in [6.07, 6.45) is 4.03. The molecule has 0 aromatic heterocycles. The summed E-state index contributed by atoms with van der Waals surface area (Å²) >= 11 is 0. The summed E-state index contributed by atoms with van der Waals surface area (Å²) < 4.78 is 0. The third kappa shape index (κ3) is 3.04. The van der Waals surface area contributed by atoms with E-state index >= 15 is 0 Å². The zero-order chi connectivity index (χ0) is 13.8. The van der Waals surface area contributed by atoms with E-state index in [0.29, 0.717) is 12.1 Å². The molecule has 1 saturated carbocycles. The second-order valence-corrected chi connectivity index (χ2v) is 5.10. The molecule has 1 aliphatic carbocycles. The van der Waals surface area contributed by atoms with Crippen molar-refractivity contribution < 1.29 is 4.92 Å². The van der Waals surface area contributed by atoms with Gasteiger partial charge in [-0.3, -0.25) is 10.1 Å². The highest BCUT2D eigenvalue weighted by molar-refractivity contribution is 5.63. The minimum Gasteiger partial charge on any atom is -0.363 e. The molecule has 1 aromatic carbocycles. The molecule has 0 unspecified atom stereocenters. The van der Waals surface area contributed by atoms with E-state index < -0.39 is 0 Å². The Morgan fingerprint density at radius 1 is 1.32 bits per heavy atom. The van der Waals surface area contributed by atoms with Gasteiger partial charge in [0.1, 0.15) is 5.69 Å². The van der Waals surface area contributed by atoms with Crippen LogP contribution in [0.3, 0.4) is 0 Å². The molecule has 0 aliphatic heterocycles. The zero-order valence-electron chi connectivity index (χ0n) is 11.3. The third-order valence-corrected chi connectivity index (χ3v) is 3.91. The molecule has 104 valence electrons. The van der Waals surface area contributed by atoms with Crippen LogP contribution in [0.4, 0.5) is 11.4 Å². The van der Waals surface area contributed by atoms with Gasteiger partial charge in [0.2, 0.25) is 0 Å². The van der Waals surface area contributed by atoms with E-state index in [9.17, 15) is 10.1 Å². The average molecular weight is 263 g/mol. The summed E-state index contributed by atoms with van der Waals surface area (Å²) in [7, 11) is 0. The zero-order valence-corrected chi connectivity index (χ0v) is 11.3. The number of nitro groups is 1. The fourth-order valence-electron chi connectivity index (χ4n) is 2.90. The van der Waals surface area contributed by atoms with E-state index in [1.165, 1.54) is 0 Å². The highest BCUT2D eigenvalue weighted by Crippen LogP contribution is 2.32. The smallest absolute Gasteiger partial charge is 0.292 e. The summed E-state index contributed by atoms with van der Waals surface area (Å²) in [5.74, 6) is 0. The molecule has 2 rings (SSSR count). The number of nitro benzene ring substituents is 1. The van der Waals surface area contributed by atoms with Gasteiger partial charge in [-0.1, -0.05) is 12.1 Å². The van der Waals surface area contributed by atoms with Crippen LogP contribution in [0.1, 0.15) is 32.6 Å². The van der Waals surface area contributed by atoms with Crippen molar-refractivity contribution in [2.75, 3.05) is 11.4 Å². The molecule has 1 fully saturated rings. The predicted molar refractivity (Wildman–Crippen MR) is 76.3 cm³/mol. The lowest BCUT2D eigenvalue weighted by atomic mass is 9.90. The number of nitrogens with two attached hydrogens (primary N) is 1. The Hall–Kier alpha value is -1.62. The monoisotopic (exact) mass is 263 g/mol. The maximum absolute atomic E-state index is 11.1. The van der Waals surface area contributed by atoms with E-state index in [1.54, 1.807) is 12.1 Å². The van der Waals surface area contributed by atoms with Crippen LogP contribution in [-0.4, -0.2) is 23.6 Å². The summed E-state index contributed by atoms with van der Waals surface area (Å²) in [6, 6.07) is 7.65. The maximum atomic E-state index is 11.1. The Morgan fingerprint density at radius 3 is 2.53 bits per heavy atom. The number of hydrogen-bond acceptors (Lipinski definition) is 4. The normalized spacial score (nSPS) is 23.1. The largest absolute Gasteiger partial charge is 0.363 e. The fraction of sp³-hybridized carbons (Fsp3) is 0.571.